The van der Waals surface area contributed by atoms with Gasteiger partial charge >= 0.3 is 6.03 Å². The lowest BCUT2D eigenvalue weighted by molar-refractivity contribution is -0.131. The maximum absolute atomic E-state index is 12.8. The average Bonchev–Trinajstić information content (AvgIpc) is 3.28. The molecule has 1 aromatic heterocycles. The van der Waals surface area contributed by atoms with E-state index in [2.05, 4.69) is 21.7 Å². The van der Waals surface area contributed by atoms with Gasteiger partial charge in [-0.05, 0) is 36.5 Å². The summed E-state index contributed by atoms with van der Waals surface area (Å²) in [4.78, 5) is 42.4. The molecule has 7 heteroatoms. The molecule has 1 fully saturated rings. The number of imide groups is 1. The van der Waals surface area contributed by atoms with Gasteiger partial charge in [-0.1, -0.05) is 48.5 Å². The predicted octanol–water partition coefficient (Wildman–Crippen LogP) is 3.17. The van der Waals surface area contributed by atoms with Crippen LogP contribution in [0.15, 0.2) is 54.6 Å². The smallest absolute Gasteiger partial charge is 0.325 e. The third kappa shape index (κ3) is 3.67. The number of urea groups is 1. The number of benzene rings is 2. The van der Waals surface area contributed by atoms with Gasteiger partial charge in [0.2, 0.25) is 5.91 Å². The number of para-hydroxylation sites is 1. The summed E-state index contributed by atoms with van der Waals surface area (Å²) < 4.78 is 0. The van der Waals surface area contributed by atoms with Crippen molar-refractivity contribution in [2.24, 2.45) is 0 Å². The number of carbonyl (C=O) groups excluding carboxylic acids is 3. The first-order valence-electron chi connectivity index (χ1n) is 10.6. The number of H-pyrrole nitrogens is 1. The molecule has 1 saturated heterocycles. The molecule has 3 aromatic rings. The van der Waals surface area contributed by atoms with Gasteiger partial charge < -0.3 is 15.6 Å². The maximum Gasteiger partial charge on any atom is 0.325 e. The zero-order valence-electron chi connectivity index (χ0n) is 17.1. The molecule has 2 aliphatic rings. The van der Waals surface area contributed by atoms with Gasteiger partial charge in [-0.3, -0.25) is 14.5 Å². The molecule has 2 heterocycles. The van der Waals surface area contributed by atoms with Gasteiger partial charge in [0, 0.05) is 16.6 Å². The lowest BCUT2D eigenvalue weighted by Gasteiger charge is -2.24. The molecule has 158 valence electrons. The second-order valence-corrected chi connectivity index (χ2v) is 8.19. The van der Waals surface area contributed by atoms with Gasteiger partial charge in [0.15, 0.2) is 0 Å². The van der Waals surface area contributed by atoms with Crippen LogP contribution in [-0.2, 0) is 22.6 Å². The Bertz CT molecular complexity index is 1150. The lowest BCUT2D eigenvalue weighted by Crippen LogP contribution is -2.38. The molecule has 5 rings (SSSR count). The summed E-state index contributed by atoms with van der Waals surface area (Å²) in [6.07, 6.45) is 2.75. The van der Waals surface area contributed by atoms with E-state index >= 15 is 0 Å². The van der Waals surface area contributed by atoms with Crippen molar-refractivity contribution in [3.05, 3.63) is 71.4 Å². The summed E-state index contributed by atoms with van der Waals surface area (Å²) in [5.41, 5.74) is 4.24. The number of hydrogen-bond acceptors (Lipinski definition) is 3. The highest BCUT2D eigenvalue weighted by molar-refractivity contribution is 6.05. The Labute approximate surface area is 179 Å². The van der Waals surface area contributed by atoms with Crippen LogP contribution in [0.1, 0.15) is 42.1 Å². The van der Waals surface area contributed by atoms with Gasteiger partial charge in [-0.2, -0.15) is 0 Å². The third-order valence-electron chi connectivity index (χ3n) is 6.13. The van der Waals surface area contributed by atoms with Crippen molar-refractivity contribution in [2.45, 2.75) is 44.3 Å². The minimum Gasteiger partial charge on any atom is -0.356 e. The standard InChI is InChI=1S/C24H24N4O3/c29-21(13-20-23(30)28(24(31)27-20)14-15-7-2-1-3-8-15)25-19-12-6-10-17-16-9-4-5-11-18(16)26-22(17)19/h1-5,7-9,11,19-20,26H,6,10,12-14H2,(H,25,29)(H,27,31)/t19-,20-/m1/s1. The van der Waals surface area contributed by atoms with Gasteiger partial charge in [-0.25, -0.2) is 4.79 Å². The molecule has 1 aliphatic heterocycles. The Morgan fingerprint density at radius 1 is 1.06 bits per heavy atom. The van der Waals surface area contributed by atoms with Crippen molar-refractivity contribution < 1.29 is 14.4 Å². The van der Waals surface area contributed by atoms with Crippen LogP contribution in [0.2, 0.25) is 0 Å². The number of aryl methyl sites for hydroxylation is 1. The number of aromatic amines is 1. The van der Waals surface area contributed by atoms with Crippen LogP contribution < -0.4 is 10.6 Å². The molecule has 0 bridgehead atoms. The molecular formula is C24H24N4O3. The Hall–Kier alpha value is -3.61. The highest BCUT2D eigenvalue weighted by Crippen LogP contribution is 2.34. The van der Waals surface area contributed by atoms with E-state index in [1.54, 1.807) is 0 Å². The van der Waals surface area contributed by atoms with E-state index in [0.29, 0.717) is 0 Å². The Kier molecular flexibility index (Phi) is 4.94. The number of carbonyl (C=O) groups is 3. The highest BCUT2D eigenvalue weighted by atomic mass is 16.2. The molecule has 0 radical (unpaired) electrons. The van der Waals surface area contributed by atoms with E-state index in [4.69, 9.17) is 0 Å². The monoisotopic (exact) mass is 416 g/mol. The van der Waals surface area contributed by atoms with E-state index in [9.17, 15) is 14.4 Å². The van der Waals surface area contributed by atoms with E-state index < -0.39 is 12.1 Å². The van der Waals surface area contributed by atoms with Crippen LogP contribution >= 0.6 is 0 Å². The summed E-state index contributed by atoms with van der Waals surface area (Å²) >= 11 is 0. The van der Waals surface area contributed by atoms with Crippen LogP contribution in [0.4, 0.5) is 4.79 Å². The number of nitrogens with one attached hydrogen (secondary N) is 3. The summed E-state index contributed by atoms with van der Waals surface area (Å²) in [5.74, 6) is -0.601. The number of nitrogens with zero attached hydrogens (tertiary/aromatic N) is 1. The second-order valence-electron chi connectivity index (χ2n) is 8.19. The zero-order chi connectivity index (χ0) is 21.4. The molecule has 31 heavy (non-hydrogen) atoms. The Morgan fingerprint density at radius 2 is 1.84 bits per heavy atom. The molecule has 4 amide bonds. The van der Waals surface area contributed by atoms with Gasteiger partial charge in [-0.15, -0.1) is 0 Å². The number of rotatable bonds is 5. The van der Waals surface area contributed by atoms with Gasteiger partial charge in [0.1, 0.15) is 6.04 Å². The predicted molar refractivity (Wildman–Crippen MR) is 116 cm³/mol. The average molecular weight is 416 g/mol. The molecule has 0 saturated carbocycles. The highest BCUT2D eigenvalue weighted by Gasteiger charge is 2.39. The summed E-state index contributed by atoms with van der Waals surface area (Å²) in [6.45, 7) is 0.199. The van der Waals surface area contributed by atoms with Crippen molar-refractivity contribution in [3.8, 4) is 0 Å². The quantitative estimate of drug-likeness (QED) is 0.558. The summed E-state index contributed by atoms with van der Waals surface area (Å²) in [6, 6.07) is 16.1. The van der Waals surface area contributed by atoms with Crippen molar-refractivity contribution in [1.29, 1.82) is 0 Å². The molecule has 1 aliphatic carbocycles. The summed E-state index contributed by atoms with van der Waals surface area (Å²) in [5, 5.41) is 6.92. The molecule has 3 N–H and O–H groups in total. The third-order valence-corrected chi connectivity index (χ3v) is 6.13. The largest absolute Gasteiger partial charge is 0.356 e. The molecular weight excluding hydrogens is 392 g/mol. The van der Waals surface area contributed by atoms with Crippen molar-refractivity contribution in [3.63, 3.8) is 0 Å². The van der Waals surface area contributed by atoms with Crippen LogP contribution in [0.25, 0.3) is 10.9 Å². The minimum absolute atomic E-state index is 0.0675. The maximum atomic E-state index is 12.8. The molecule has 2 atom stereocenters. The van der Waals surface area contributed by atoms with Crippen molar-refractivity contribution in [2.75, 3.05) is 0 Å². The first kappa shape index (κ1) is 19.4. The molecule has 0 unspecified atom stereocenters. The SMILES string of the molecule is O=C(C[C@H]1NC(=O)N(Cc2ccccc2)C1=O)N[C@@H]1CCCc2c1[nH]c1ccccc21. The number of amides is 4. The van der Waals surface area contributed by atoms with E-state index in [1.165, 1.54) is 15.8 Å². The zero-order valence-corrected chi connectivity index (χ0v) is 17.1. The topological polar surface area (TPSA) is 94.3 Å². The van der Waals surface area contributed by atoms with Crippen molar-refractivity contribution in [1.82, 2.24) is 20.5 Å². The van der Waals surface area contributed by atoms with E-state index in [1.807, 2.05) is 48.5 Å². The number of hydrogen-bond donors (Lipinski definition) is 3. The van der Waals surface area contributed by atoms with Gasteiger partial charge in [0.05, 0.1) is 19.0 Å². The minimum atomic E-state index is -0.831. The number of aromatic nitrogens is 1. The van der Waals surface area contributed by atoms with Crippen LogP contribution in [-0.4, -0.2) is 33.8 Å². The first-order chi connectivity index (χ1) is 15.1. The summed E-state index contributed by atoms with van der Waals surface area (Å²) in [7, 11) is 0. The Morgan fingerprint density at radius 3 is 2.68 bits per heavy atom. The van der Waals surface area contributed by atoms with Crippen LogP contribution in [0, 0.1) is 0 Å². The van der Waals surface area contributed by atoms with E-state index in [0.717, 1.165) is 36.0 Å². The van der Waals surface area contributed by atoms with Crippen LogP contribution in [0.3, 0.4) is 0 Å². The normalized spacial score (nSPS) is 20.6. The number of fused-ring (bicyclic) bond motifs is 3. The molecule has 0 spiro atoms. The Balaban J connectivity index is 1.25. The molecule has 7 nitrogen and oxygen atoms in total. The second kappa shape index (κ2) is 7.91. The van der Waals surface area contributed by atoms with Crippen LogP contribution in [0.5, 0.6) is 0 Å². The fourth-order valence-corrected chi connectivity index (χ4v) is 4.63. The fraction of sp³-hybridized carbons (Fsp3) is 0.292. The van der Waals surface area contributed by atoms with Crippen molar-refractivity contribution >= 4 is 28.7 Å². The fourth-order valence-electron chi connectivity index (χ4n) is 4.63. The lowest BCUT2D eigenvalue weighted by atomic mass is 9.91. The molecule has 2 aromatic carbocycles. The van der Waals surface area contributed by atoms with Gasteiger partial charge in [0.25, 0.3) is 5.91 Å². The van der Waals surface area contributed by atoms with E-state index in [-0.39, 0.29) is 30.8 Å². The first-order valence-corrected chi connectivity index (χ1v) is 10.6.